The van der Waals surface area contributed by atoms with Crippen LogP contribution in [0.2, 0.25) is 0 Å². The molecule has 18 heavy (non-hydrogen) atoms. The van der Waals surface area contributed by atoms with E-state index < -0.39 is 0 Å². The van der Waals surface area contributed by atoms with Gasteiger partial charge in [0.05, 0.1) is 6.26 Å². The fourth-order valence-corrected chi connectivity index (χ4v) is 2.50. The highest BCUT2D eigenvalue weighted by Crippen LogP contribution is 2.30. The van der Waals surface area contributed by atoms with Crippen LogP contribution in [-0.2, 0) is 12.8 Å². The van der Waals surface area contributed by atoms with E-state index in [1.165, 1.54) is 12.0 Å². The van der Waals surface area contributed by atoms with Crippen molar-refractivity contribution < 1.29 is 8.94 Å². The van der Waals surface area contributed by atoms with Gasteiger partial charge in [0.15, 0.2) is 5.82 Å². The van der Waals surface area contributed by atoms with Crippen LogP contribution in [0.1, 0.15) is 41.9 Å². The van der Waals surface area contributed by atoms with Crippen LogP contribution in [0.15, 0.2) is 21.3 Å². The molecule has 96 valence electrons. The number of aryl methyl sites for hydroxylation is 2. The predicted molar refractivity (Wildman–Crippen MR) is 65.1 cm³/mol. The Morgan fingerprint density at radius 1 is 1.50 bits per heavy atom. The van der Waals surface area contributed by atoms with E-state index in [0.29, 0.717) is 11.9 Å². The highest BCUT2D eigenvalue weighted by Gasteiger charge is 2.21. The SMILES string of the molecule is Cc1nc(CCNC2CCCc3occc32)no1. The summed E-state index contributed by atoms with van der Waals surface area (Å²) in [6.45, 7) is 2.66. The Balaban J connectivity index is 1.55. The normalized spacial score (nSPS) is 18.8. The summed E-state index contributed by atoms with van der Waals surface area (Å²) in [7, 11) is 0. The Bertz CT molecular complexity index is 518. The average molecular weight is 247 g/mol. The van der Waals surface area contributed by atoms with Crippen LogP contribution >= 0.6 is 0 Å². The quantitative estimate of drug-likeness (QED) is 0.897. The molecule has 0 aromatic carbocycles. The number of hydrogen-bond acceptors (Lipinski definition) is 5. The summed E-state index contributed by atoms with van der Waals surface area (Å²) in [6, 6.07) is 2.48. The fourth-order valence-electron chi connectivity index (χ4n) is 2.50. The Morgan fingerprint density at radius 2 is 2.44 bits per heavy atom. The standard InChI is InChI=1S/C13H17N3O2/c1-9-15-13(16-18-9)5-7-14-11-3-2-4-12-10(11)6-8-17-12/h6,8,11,14H,2-5,7H2,1H3. The number of fused-ring (bicyclic) bond motifs is 1. The second kappa shape index (κ2) is 4.94. The number of nitrogens with one attached hydrogen (secondary N) is 1. The molecule has 2 heterocycles. The second-order valence-corrected chi connectivity index (χ2v) is 4.68. The van der Waals surface area contributed by atoms with E-state index in [-0.39, 0.29) is 0 Å². The van der Waals surface area contributed by atoms with Gasteiger partial charge in [-0.25, -0.2) is 0 Å². The van der Waals surface area contributed by atoms with Crippen LogP contribution in [0.25, 0.3) is 0 Å². The first-order chi connectivity index (χ1) is 8.83. The maximum Gasteiger partial charge on any atom is 0.223 e. The number of aromatic nitrogens is 2. The van der Waals surface area contributed by atoms with Crippen molar-refractivity contribution in [2.75, 3.05) is 6.54 Å². The van der Waals surface area contributed by atoms with Crippen molar-refractivity contribution in [2.45, 2.75) is 38.6 Å². The van der Waals surface area contributed by atoms with Crippen LogP contribution in [0.3, 0.4) is 0 Å². The van der Waals surface area contributed by atoms with E-state index in [2.05, 4.69) is 21.5 Å². The first-order valence-electron chi connectivity index (χ1n) is 6.42. The molecule has 1 N–H and O–H groups in total. The molecule has 0 amide bonds. The Labute approximate surface area is 106 Å². The fraction of sp³-hybridized carbons (Fsp3) is 0.538. The summed E-state index contributed by atoms with van der Waals surface area (Å²) in [6.07, 6.45) is 5.98. The van der Waals surface area contributed by atoms with Crippen molar-refractivity contribution >= 4 is 0 Å². The minimum absolute atomic E-state index is 0.403. The highest BCUT2D eigenvalue weighted by atomic mass is 16.5. The van der Waals surface area contributed by atoms with Crippen LogP contribution in [0.5, 0.6) is 0 Å². The molecule has 1 aliphatic rings. The molecule has 5 heteroatoms. The van der Waals surface area contributed by atoms with E-state index in [4.69, 9.17) is 8.94 Å². The molecule has 0 saturated heterocycles. The number of rotatable bonds is 4. The number of furan rings is 1. The van der Waals surface area contributed by atoms with E-state index in [1.54, 1.807) is 6.26 Å². The number of nitrogens with zero attached hydrogens (tertiary/aromatic N) is 2. The molecule has 5 nitrogen and oxygen atoms in total. The van der Waals surface area contributed by atoms with Gasteiger partial charge in [-0.2, -0.15) is 4.98 Å². The predicted octanol–water partition coefficient (Wildman–Crippen LogP) is 2.18. The van der Waals surface area contributed by atoms with E-state index in [9.17, 15) is 0 Å². The monoisotopic (exact) mass is 247 g/mol. The van der Waals surface area contributed by atoms with Gasteiger partial charge in [0, 0.05) is 37.9 Å². The molecular weight excluding hydrogens is 230 g/mol. The summed E-state index contributed by atoms with van der Waals surface area (Å²) in [5.74, 6) is 2.53. The van der Waals surface area contributed by atoms with Crippen LogP contribution < -0.4 is 5.32 Å². The molecule has 1 atom stereocenters. The summed E-state index contributed by atoms with van der Waals surface area (Å²) < 4.78 is 10.4. The van der Waals surface area contributed by atoms with E-state index >= 15 is 0 Å². The van der Waals surface area contributed by atoms with Crippen LogP contribution in [0.4, 0.5) is 0 Å². The third-order valence-electron chi connectivity index (χ3n) is 3.36. The second-order valence-electron chi connectivity index (χ2n) is 4.68. The van der Waals surface area contributed by atoms with Crippen molar-refractivity contribution in [2.24, 2.45) is 0 Å². The molecule has 0 bridgehead atoms. The van der Waals surface area contributed by atoms with Gasteiger partial charge >= 0.3 is 0 Å². The van der Waals surface area contributed by atoms with Gasteiger partial charge in [0.25, 0.3) is 0 Å². The zero-order valence-electron chi connectivity index (χ0n) is 10.5. The first kappa shape index (κ1) is 11.5. The van der Waals surface area contributed by atoms with Crippen molar-refractivity contribution in [3.05, 3.63) is 35.4 Å². The molecule has 2 aromatic rings. The van der Waals surface area contributed by atoms with Crippen LogP contribution in [-0.4, -0.2) is 16.7 Å². The van der Waals surface area contributed by atoms with Gasteiger partial charge in [0.1, 0.15) is 5.76 Å². The molecule has 0 fully saturated rings. The Hall–Kier alpha value is -1.62. The zero-order valence-corrected chi connectivity index (χ0v) is 10.5. The van der Waals surface area contributed by atoms with Gasteiger partial charge in [-0.15, -0.1) is 0 Å². The van der Waals surface area contributed by atoms with Crippen molar-refractivity contribution in [3.63, 3.8) is 0 Å². The minimum Gasteiger partial charge on any atom is -0.469 e. The van der Waals surface area contributed by atoms with Crippen molar-refractivity contribution in [1.29, 1.82) is 0 Å². The topological polar surface area (TPSA) is 64.1 Å². The van der Waals surface area contributed by atoms with Gasteiger partial charge in [-0.3, -0.25) is 0 Å². The summed E-state index contributed by atoms with van der Waals surface area (Å²) in [5, 5.41) is 7.43. The lowest BCUT2D eigenvalue weighted by atomic mass is 9.93. The lowest BCUT2D eigenvalue weighted by Crippen LogP contribution is -2.26. The third-order valence-corrected chi connectivity index (χ3v) is 3.36. The highest BCUT2D eigenvalue weighted by molar-refractivity contribution is 5.23. The molecule has 0 radical (unpaired) electrons. The Kier molecular flexibility index (Phi) is 3.15. The summed E-state index contributed by atoms with van der Waals surface area (Å²) >= 11 is 0. The maximum absolute atomic E-state index is 5.47. The van der Waals surface area contributed by atoms with E-state index in [1.807, 2.05) is 6.92 Å². The molecular formula is C13H17N3O2. The lowest BCUT2D eigenvalue weighted by molar-refractivity contribution is 0.384. The summed E-state index contributed by atoms with van der Waals surface area (Å²) in [4.78, 5) is 4.19. The van der Waals surface area contributed by atoms with Gasteiger partial charge in [-0.1, -0.05) is 5.16 Å². The molecule has 2 aromatic heterocycles. The molecule has 0 saturated carbocycles. The molecule has 0 aliphatic heterocycles. The minimum atomic E-state index is 0.403. The average Bonchev–Trinajstić information content (AvgIpc) is 2.98. The van der Waals surface area contributed by atoms with Gasteiger partial charge in [-0.05, 0) is 18.9 Å². The maximum atomic E-state index is 5.47. The molecule has 0 spiro atoms. The molecule has 1 aliphatic carbocycles. The molecule has 1 unspecified atom stereocenters. The zero-order chi connectivity index (χ0) is 12.4. The number of hydrogen-bond donors (Lipinski definition) is 1. The lowest BCUT2D eigenvalue weighted by Gasteiger charge is -2.22. The molecule has 3 rings (SSSR count). The Morgan fingerprint density at radius 3 is 3.28 bits per heavy atom. The van der Waals surface area contributed by atoms with Crippen molar-refractivity contribution in [3.8, 4) is 0 Å². The summed E-state index contributed by atoms with van der Waals surface area (Å²) in [5.41, 5.74) is 1.31. The third kappa shape index (κ3) is 2.31. The van der Waals surface area contributed by atoms with Crippen molar-refractivity contribution in [1.82, 2.24) is 15.5 Å². The van der Waals surface area contributed by atoms with Gasteiger partial charge in [0.2, 0.25) is 5.89 Å². The largest absolute Gasteiger partial charge is 0.469 e. The van der Waals surface area contributed by atoms with Gasteiger partial charge < -0.3 is 14.3 Å². The smallest absolute Gasteiger partial charge is 0.223 e. The van der Waals surface area contributed by atoms with Crippen LogP contribution in [0, 0.1) is 6.92 Å². The van der Waals surface area contributed by atoms with E-state index in [0.717, 1.165) is 37.4 Å². The first-order valence-corrected chi connectivity index (χ1v) is 6.42.